The molecule has 1 atom stereocenters. The van der Waals surface area contributed by atoms with Crippen molar-refractivity contribution in [3.63, 3.8) is 0 Å². The fourth-order valence-electron chi connectivity index (χ4n) is 2.38. The van der Waals surface area contributed by atoms with Gasteiger partial charge < -0.3 is 14.8 Å². The van der Waals surface area contributed by atoms with Gasteiger partial charge in [-0.05, 0) is 32.0 Å². The topological polar surface area (TPSA) is 47.6 Å². The molecule has 19 heavy (non-hydrogen) atoms. The smallest absolute Gasteiger partial charge is 0.220 e. The van der Waals surface area contributed by atoms with E-state index in [0.717, 1.165) is 23.5 Å². The zero-order chi connectivity index (χ0) is 14.0. The van der Waals surface area contributed by atoms with Crippen LogP contribution < -0.4 is 14.8 Å². The zero-order valence-corrected chi connectivity index (χ0v) is 11.9. The number of amides is 1. The minimum Gasteiger partial charge on any atom is -0.497 e. The summed E-state index contributed by atoms with van der Waals surface area (Å²) in [5, 5.41) is 3.06. The summed E-state index contributed by atoms with van der Waals surface area (Å²) in [5.74, 6) is 1.65. The second-order valence-corrected chi connectivity index (χ2v) is 5.44. The predicted octanol–water partition coefficient (Wildman–Crippen LogP) is 2.82. The number of carbonyl (C=O) groups excluding carboxylic acids is 1. The highest BCUT2D eigenvalue weighted by molar-refractivity contribution is 5.76. The molecule has 2 rings (SSSR count). The van der Waals surface area contributed by atoms with E-state index in [1.807, 2.05) is 39.0 Å². The molecule has 4 nitrogen and oxygen atoms in total. The van der Waals surface area contributed by atoms with Crippen molar-refractivity contribution in [2.24, 2.45) is 0 Å². The lowest BCUT2D eigenvalue weighted by Gasteiger charge is -2.38. The van der Waals surface area contributed by atoms with Crippen LogP contribution in [0.3, 0.4) is 0 Å². The highest BCUT2D eigenvalue weighted by Crippen LogP contribution is 2.41. The van der Waals surface area contributed by atoms with Crippen LogP contribution in [-0.2, 0) is 4.79 Å². The Morgan fingerprint density at radius 2 is 2.26 bits per heavy atom. The molecule has 0 aliphatic carbocycles. The summed E-state index contributed by atoms with van der Waals surface area (Å²) in [7, 11) is 1.63. The molecular formula is C15H21NO3. The van der Waals surface area contributed by atoms with Gasteiger partial charge in [0, 0.05) is 18.4 Å². The molecule has 0 aromatic heterocycles. The molecular weight excluding hydrogens is 242 g/mol. The third-order valence-corrected chi connectivity index (χ3v) is 3.33. The second-order valence-electron chi connectivity index (χ2n) is 5.44. The van der Waals surface area contributed by atoms with E-state index in [0.29, 0.717) is 6.42 Å². The van der Waals surface area contributed by atoms with E-state index in [2.05, 4.69) is 5.32 Å². The molecule has 0 spiro atoms. The Bertz CT molecular complexity index is 482. The Morgan fingerprint density at radius 1 is 1.53 bits per heavy atom. The third-order valence-electron chi connectivity index (χ3n) is 3.33. The van der Waals surface area contributed by atoms with Gasteiger partial charge in [0.1, 0.15) is 17.1 Å². The summed E-state index contributed by atoms with van der Waals surface area (Å²) in [6.45, 7) is 5.92. The molecule has 1 aliphatic rings. The number of rotatable bonds is 3. The van der Waals surface area contributed by atoms with Gasteiger partial charge in [0.15, 0.2) is 0 Å². The Hall–Kier alpha value is -1.71. The van der Waals surface area contributed by atoms with Crippen LogP contribution in [0.2, 0.25) is 0 Å². The summed E-state index contributed by atoms with van der Waals surface area (Å²) in [5.41, 5.74) is 0.702. The van der Waals surface area contributed by atoms with Crippen LogP contribution >= 0.6 is 0 Å². The average Bonchev–Trinajstić information content (AvgIpc) is 2.37. The van der Waals surface area contributed by atoms with E-state index in [4.69, 9.17) is 9.47 Å². The first-order chi connectivity index (χ1) is 8.95. The van der Waals surface area contributed by atoms with Crippen molar-refractivity contribution in [3.05, 3.63) is 23.8 Å². The number of ether oxygens (including phenoxy) is 2. The Morgan fingerprint density at radius 3 is 2.89 bits per heavy atom. The summed E-state index contributed by atoms with van der Waals surface area (Å²) < 4.78 is 11.2. The standard InChI is InChI=1S/C15H21NO3/c1-5-14(17)16-12-9-15(2,3)19-13-7-6-10(18-4)8-11(12)13/h6-8,12H,5,9H2,1-4H3,(H,16,17). The van der Waals surface area contributed by atoms with E-state index in [-0.39, 0.29) is 17.6 Å². The zero-order valence-electron chi connectivity index (χ0n) is 11.9. The fourth-order valence-corrected chi connectivity index (χ4v) is 2.38. The van der Waals surface area contributed by atoms with Gasteiger partial charge in [0.2, 0.25) is 5.91 Å². The van der Waals surface area contributed by atoms with Crippen LogP contribution in [0.4, 0.5) is 0 Å². The minimum absolute atomic E-state index is 0.0266. The molecule has 4 heteroatoms. The van der Waals surface area contributed by atoms with Gasteiger partial charge in [-0.2, -0.15) is 0 Å². The van der Waals surface area contributed by atoms with Gasteiger partial charge >= 0.3 is 0 Å². The first kappa shape index (κ1) is 13.7. The summed E-state index contributed by atoms with van der Waals surface area (Å²) >= 11 is 0. The van der Waals surface area contributed by atoms with Gasteiger partial charge in [-0.1, -0.05) is 6.92 Å². The molecule has 1 aromatic carbocycles. The lowest BCUT2D eigenvalue weighted by Crippen LogP contribution is -2.41. The molecule has 0 radical (unpaired) electrons. The summed E-state index contributed by atoms with van der Waals surface area (Å²) in [6.07, 6.45) is 1.23. The highest BCUT2D eigenvalue weighted by atomic mass is 16.5. The Balaban J connectivity index is 2.36. The molecule has 1 heterocycles. The number of methoxy groups -OCH3 is 1. The lowest BCUT2D eigenvalue weighted by atomic mass is 9.89. The monoisotopic (exact) mass is 263 g/mol. The summed E-state index contributed by atoms with van der Waals surface area (Å²) in [6, 6.07) is 5.69. The normalized spacial score (nSPS) is 20.1. The molecule has 1 aliphatic heterocycles. The van der Waals surface area contributed by atoms with Crippen LogP contribution in [0.25, 0.3) is 0 Å². The van der Waals surface area contributed by atoms with Crippen LogP contribution in [0.15, 0.2) is 18.2 Å². The number of hydrogen-bond acceptors (Lipinski definition) is 3. The van der Waals surface area contributed by atoms with Crippen molar-refractivity contribution >= 4 is 5.91 Å². The molecule has 0 fully saturated rings. The molecule has 0 bridgehead atoms. The number of carbonyl (C=O) groups is 1. The highest BCUT2D eigenvalue weighted by Gasteiger charge is 2.34. The first-order valence-corrected chi connectivity index (χ1v) is 6.61. The van der Waals surface area contributed by atoms with Crippen LogP contribution in [0.1, 0.15) is 45.2 Å². The van der Waals surface area contributed by atoms with Crippen molar-refractivity contribution in [2.75, 3.05) is 7.11 Å². The first-order valence-electron chi connectivity index (χ1n) is 6.61. The van der Waals surface area contributed by atoms with Crippen LogP contribution in [0.5, 0.6) is 11.5 Å². The second kappa shape index (κ2) is 5.11. The van der Waals surface area contributed by atoms with Crippen molar-refractivity contribution in [1.29, 1.82) is 0 Å². The van der Waals surface area contributed by atoms with Crippen LogP contribution in [-0.4, -0.2) is 18.6 Å². The molecule has 0 saturated carbocycles. The van der Waals surface area contributed by atoms with Gasteiger partial charge in [-0.25, -0.2) is 0 Å². The number of hydrogen-bond donors (Lipinski definition) is 1. The minimum atomic E-state index is -0.284. The molecule has 0 saturated heterocycles. The SMILES string of the molecule is CCC(=O)NC1CC(C)(C)Oc2ccc(OC)cc21. The molecule has 1 N–H and O–H groups in total. The number of fused-ring (bicyclic) bond motifs is 1. The van der Waals surface area contributed by atoms with E-state index in [1.165, 1.54) is 0 Å². The molecule has 1 unspecified atom stereocenters. The third kappa shape index (κ3) is 3.00. The quantitative estimate of drug-likeness (QED) is 0.912. The van der Waals surface area contributed by atoms with E-state index < -0.39 is 0 Å². The van der Waals surface area contributed by atoms with Crippen molar-refractivity contribution in [2.45, 2.75) is 45.3 Å². The average molecular weight is 263 g/mol. The molecule has 104 valence electrons. The van der Waals surface area contributed by atoms with Crippen molar-refractivity contribution in [3.8, 4) is 11.5 Å². The van der Waals surface area contributed by atoms with Gasteiger partial charge in [-0.15, -0.1) is 0 Å². The van der Waals surface area contributed by atoms with Crippen LogP contribution in [0, 0.1) is 0 Å². The maximum atomic E-state index is 11.7. The van der Waals surface area contributed by atoms with E-state index >= 15 is 0 Å². The van der Waals surface area contributed by atoms with E-state index in [9.17, 15) is 4.79 Å². The number of nitrogens with one attached hydrogen (secondary N) is 1. The van der Waals surface area contributed by atoms with Crippen molar-refractivity contribution in [1.82, 2.24) is 5.32 Å². The van der Waals surface area contributed by atoms with Gasteiger partial charge in [0.05, 0.1) is 13.2 Å². The largest absolute Gasteiger partial charge is 0.497 e. The lowest BCUT2D eigenvalue weighted by molar-refractivity contribution is -0.122. The maximum Gasteiger partial charge on any atom is 0.220 e. The molecule has 1 aromatic rings. The van der Waals surface area contributed by atoms with Gasteiger partial charge in [-0.3, -0.25) is 4.79 Å². The van der Waals surface area contributed by atoms with Crippen molar-refractivity contribution < 1.29 is 14.3 Å². The predicted molar refractivity (Wildman–Crippen MR) is 73.5 cm³/mol. The van der Waals surface area contributed by atoms with E-state index in [1.54, 1.807) is 7.11 Å². The fraction of sp³-hybridized carbons (Fsp3) is 0.533. The number of benzene rings is 1. The molecule has 1 amide bonds. The van der Waals surface area contributed by atoms with Gasteiger partial charge in [0.25, 0.3) is 0 Å². The summed E-state index contributed by atoms with van der Waals surface area (Å²) in [4.78, 5) is 11.7. The Kier molecular flexibility index (Phi) is 3.69. The Labute approximate surface area is 114 Å². The maximum absolute atomic E-state index is 11.7.